The van der Waals surface area contributed by atoms with Crippen molar-refractivity contribution in [2.75, 3.05) is 4.90 Å². The van der Waals surface area contributed by atoms with Gasteiger partial charge in [0.2, 0.25) is 6.23 Å². The van der Waals surface area contributed by atoms with Crippen LogP contribution in [0.3, 0.4) is 0 Å². The van der Waals surface area contributed by atoms with Crippen LogP contribution >= 0.6 is 23.2 Å². The first kappa shape index (κ1) is 16.4. The Balaban J connectivity index is 1.98. The average molecular weight is 369 g/mol. The number of anilines is 1. The van der Waals surface area contributed by atoms with Crippen molar-refractivity contribution in [2.24, 2.45) is 0 Å². The smallest absolute Gasteiger partial charge is 0.415 e. The molecule has 124 valence electrons. The maximum Gasteiger partial charge on any atom is 0.512 e. The molecule has 3 rings (SSSR count). The molecule has 0 aliphatic carbocycles. The minimum atomic E-state index is -1.17. The number of aromatic nitrogens is 3. The standard InChI is InChI=1S/C14H10Cl2N4O4/c1-7(15)23-14(22)24-13-11-10(17-4-5-18-11)12(21)20(13)9-3-2-8(16)6-19-9/h2-7,13H,1H3/t7?,13-/m0/s1. The molecule has 0 radical (unpaired) electrons. The highest BCUT2D eigenvalue weighted by Crippen LogP contribution is 2.35. The summed E-state index contributed by atoms with van der Waals surface area (Å²) >= 11 is 11.4. The van der Waals surface area contributed by atoms with E-state index in [0.717, 1.165) is 4.90 Å². The largest absolute Gasteiger partial charge is 0.512 e. The van der Waals surface area contributed by atoms with Crippen LogP contribution in [0.4, 0.5) is 10.6 Å². The van der Waals surface area contributed by atoms with E-state index in [9.17, 15) is 9.59 Å². The first-order chi connectivity index (χ1) is 11.5. The summed E-state index contributed by atoms with van der Waals surface area (Å²) in [6.07, 6.45) is 1.90. The maximum atomic E-state index is 12.6. The Morgan fingerprint density at radius 1 is 1.29 bits per heavy atom. The van der Waals surface area contributed by atoms with Gasteiger partial charge < -0.3 is 9.47 Å². The number of alkyl halides is 1. The fraction of sp³-hybridized carbons (Fsp3) is 0.214. The second kappa shape index (κ2) is 6.58. The van der Waals surface area contributed by atoms with Crippen LogP contribution in [0.5, 0.6) is 0 Å². The van der Waals surface area contributed by atoms with Gasteiger partial charge in [0.1, 0.15) is 11.5 Å². The monoisotopic (exact) mass is 368 g/mol. The lowest BCUT2D eigenvalue weighted by Crippen LogP contribution is -2.32. The van der Waals surface area contributed by atoms with Crippen molar-refractivity contribution in [1.82, 2.24) is 15.0 Å². The summed E-state index contributed by atoms with van der Waals surface area (Å²) in [7, 11) is 0. The molecule has 2 aromatic rings. The number of fused-ring (bicyclic) bond motifs is 1. The molecule has 2 aromatic heterocycles. The van der Waals surface area contributed by atoms with Crippen molar-refractivity contribution in [3.05, 3.63) is 47.1 Å². The molecular weight excluding hydrogens is 359 g/mol. The van der Waals surface area contributed by atoms with E-state index in [1.807, 2.05) is 0 Å². The highest BCUT2D eigenvalue weighted by molar-refractivity contribution is 6.30. The molecule has 0 fully saturated rings. The lowest BCUT2D eigenvalue weighted by molar-refractivity contribution is 0.0187. The number of rotatable bonds is 3. The van der Waals surface area contributed by atoms with Crippen LogP contribution in [0.1, 0.15) is 29.3 Å². The van der Waals surface area contributed by atoms with Crippen molar-refractivity contribution in [3.8, 4) is 0 Å². The van der Waals surface area contributed by atoms with Gasteiger partial charge in [0.05, 0.1) is 5.02 Å². The molecule has 0 aromatic carbocycles. The minimum absolute atomic E-state index is 0.0611. The van der Waals surface area contributed by atoms with Gasteiger partial charge in [-0.3, -0.25) is 9.78 Å². The van der Waals surface area contributed by atoms with Crippen molar-refractivity contribution < 1.29 is 19.1 Å². The summed E-state index contributed by atoms with van der Waals surface area (Å²) in [5.74, 6) is -0.287. The Labute approximate surface area is 146 Å². The molecule has 8 nitrogen and oxygen atoms in total. The van der Waals surface area contributed by atoms with Crippen molar-refractivity contribution >= 4 is 41.1 Å². The van der Waals surface area contributed by atoms with Gasteiger partial charge in [-0.25, -0.2) is 19.7 Å². The highest BCUT2D eigenvalue weighted by Gasteiger charge is 2.44. The number of carbonyl (C=O) groups is 2. The maximum absolute atomic E-state index is 12.6. The third kappa shape index (κ3) is 3.10. The molecule has 0 bridgehead atoms. The van der Waals surface area contributed by atoms with E-state index in [0.29, 0.717) is 5.02 Å². The van der Waals surface area contributed by atoms with Crippen molar-refractivity contribution in [3.63, 3.8) is 0 Å². The molecule has 1 aliphatic heterocycles. The fourth-order valence-electron chi connectivity index (χ4n) is 2.13. The van der Waals surface area contributed by atoms with Crippen LogP contribution in [0, 0.1) is 0 Å². The molecule has 0 spiro atoms. The van der Waals surface area contributed by atoms with E-state index in [4.69, 9.17) is 32.7 Å². The van der Waals surface area contributed by atoms with Gasteiger partial charge in [0, 0.05) is 18.6 Å². The molecule has 0 saturated heterocycles. The zero-order valence-corrected chi connectivity index (χ0v) is 13.7. The third-order valence-corrected chi connectivity index (χ3v) is 3.35. The molecule has 10 heteroatoms. The Kier molecular flexibility index (Phi) is 4.50. The number of hydrogen-bond donors (Lipinski definition) is 0. The molecule has 0 saturated carbocycles. The van der Waals surface area contributed by atoms with E-state index in [-0.39, 0.29) is 17.2 Å². The zero-order chi connectivity index (χ0) is 17.3. The fourth-order valence-corrected chi connectivity index (χ4v) is 2.32. The lowest BCUT2D eigenvalue weighted by atomic mass is 10.3. The van der Waals surface area contributed by atoms with E-state index in [2.05, 4.69) is 15.0 Å². The van der Waals surface area contributed by atoms with Gasteiger partial charge in [-0.15, -0.1) is 0 Å². The summed E-state index contributed by atoms with van der Waals surface area (Å²) in [5, 5.41) is 0.395. The summed E-state index contributed by atoms with van der Waals surface area (Å²) in [4.78, 5) is 37.7. The molecule has 2 atom stereocenters. The summed E-state index contributed by atoms with van der Waals surface area (Å²) in [6, 6.07) is 3.06. The van der Waals surface area contributed by atoms with Gasteiger partial charge in [0.15, 0.2) is 11.3 Å². The Bertz CT molecular complexity index is 785. The molecular formula is C14H10Cl2N4O4. The molecule has 1 unspecified atom stereocenters. The predicted octanol–water partition coefficient (Wildman–Crippen LogP) is 2.92. The first-order valence-corrected chi connectivity index (χ1v) is 7.56. The molecule has 1 aliphatic rings. The number of ether oxygens (including phenoxy) is 2. The number of nitrogens with zero attached hydrogens (tertiary/aromatic N) is 4. The lowest BCUT2D eigenvalue weighted by Gasteiger charge is -2.23. The molecule has 0 N–H and O–H groups in total. The van der Waals surface area contributed by atoms with E-state index in [1.165, 1.54) is 31.6 Å². The first-order valence-electron chi connectivity index (χ1n) is 6.74. The van der Waals surface area contributed by atoms with E-state index in [1.54, 1.807) is 6.07 Å². The summed E-state index contributed by atoms with van der Waals surface area (Å²) < 4.78 is 9.94. The van der Waals surface area contributed by atoms with Crippen LogP contribution in [0.2, 0.25) is 5.02 Å². The van der Waals surface area contributed by atoms with Gasteiger partial charge in [0.25, 0.3) is 5.91 Å². The predicted molar refractivity (Wildman–Crippen MR) is 83.7 cm³/mol. The second-order valence-electron chi connectivity index (χ2n) is 4.68. The van der Waals surface area contributed by atoms with E-state index < -0.39 is 23.9 Å². The minimum Gasteiger partial charge on any atom is -0.415 e. The Morgan fingerprint density at radius 2 is 2.04 bits per heavy atom. The Morgan fingerprint density at radius 3 is 2.71 bits per heavy atom. The highest BCUT2D eigenvalue weighted by atomic mass is 35.5. The zero-order valence-electron chi connectivity index (χ0n) is 12.2. The second-order valence-corrected chi connectivity index (χ2v) is 5.73. The van der Waals surface area contributed by atoms with E-state index >= 15 is 0 Å². The van der Waals surface area contributed by atoms with Gasteiger partial charge in [-0.2, -0.15) is 0 Å². The van der Waals surface area contributed by atoms with Gasteiger partial charge >= 0.3 is 6.16 Å². The van der Waals surface area contributed by atoms with Crippen LogP contribution in [-0.2, 0) is 9.47 Å². The molecule has 3 heterocycles. The van der Waals surface area contributed by atoms with Crippen molar-refractivity contribution in [2.45, 2.75) is 18.7 Å². The average Bonchev–Trinajstić information content (AvgIpc) is 2.81. The third-order valence-electron chi connectivity index (χ3n) is 3.04. The number of carbonyl (C=O) groups excluding carboxylic acids is 2. The van der Waals surface area contributed by atoms with Crippen LogP contribution in [-0.4, -0.2) is 32.6 Å². The number of pyridine rings is 1. The van der Waals surface area contributed by atoms with Crippen LogP contribution < -0.4 is 4.90 Å². The topological polar surface area (TPSA) is 94.5 Å². The van der Waals surface area contributed by atoms with Gasteiger partial charge in [-0.05, 0) is 19.1 Å². The number of halogens is 2. The summed E-state index contributed by atoms with van der Waals surface area (Å²) in [6.45, 7) is 1.45. The quantitative estimate of drug-likeness (QED) is 0.606. The van der Waals surface area contributed by atoms with Gasteiger partial charge in [-0.1, -0.05) is 23.2 Å². The molecule has 1 amide bonds. The van der Waals surface area contributed by atoms with Crippen LogP contribution in [0.25, 0.3) is 0 Å². The number of hydrogen-bond acceptors (Lipinski definition) is 7. The van der Waals surface area contributed by atoms with Crippen LogP contribution in [0.15, 0.2) is 30.7 Å². The van der Waals surface area contributed by atoms with Crippen molar-refractivity contribution in [1.29, 1.82) is 0 Å². The number of amides is 1. The summed E-state index contributed by atoms with van der Waals surface area (Å²) in [5.41, 5.74) is -0.651. The SMILES string of the molecule is CC(Cl)OC(=O)O[C@H]1c2nccnc2C(=O)N1c1ccc(Cl)cn1. The molecule has 24 heavy (non-hydrogen) atoms. The normalized spacial score (nSPS) is 17.4. The Hall–Kier alpha value is -2.45.